The summed E-state index contributed by atoms with van der Waals surface area (Å²) in [6, 6.07) is 33.8. The molecule has 0 spiro atoms. The third kappa shape index (κ3) is 8.62. The van der Waals surface area contributed by atoms with Gasteiger partial charge in [0.25, 0.3) is 0 Å². The van der Waals surface area contributed by atoms with E-state index in [1.165, 1.54) is 28.9 Å². The van der Waals surface area contributed by atoms with Crippen LogP contribution in [0.25, 0.3) is 61.3 Å². The molecule has 0 aliphatic rings. The smallest absolute Gasteiger partial charge is 0.120 e. The summed E-state index contributed by atoms with van der Waals surface area (Å²) in [5.74, 6) is 7.46. The number of hydrogen-bond acceptors (Lipinski definition) is 8. The molecule has 0 fully saturated rings. The largest absolute Gasteiger partial charge is 0.501 e. The van der Waals surface area contributed by atoms with Gasteiger partial charge in [0.2, 0.25) is 0 Å². The fraction of sp³-hybridized carbons (Fsp3) is 0.265. The number of fused-ring (bicyclic) bond motifs is 4. The fourth-order valence-electron chi connectivity index (χ4n) is 7.66. The minimum absolute atomic E-state index is 0. The second kappa shape index (κ2) is 17.6. The third-order valence-corrected chi connectivity index (χ3v) is 14.9. The number of aliphatic hydroxyl groups is 1. The Morgan fingerprint density at radius 3 is 2.22 bits per heavy atom. The van der Waals surface area contributed by atoms with Crippen LogP contribution in [-0.2, 0) is 30.6 Å². The van der Waals surface area contributed by atoms with Gasteiger partial charge in [-0.3, -0.25) is 9.97 Å². The zero-order valence-electron chi connectivity index (χ0n) is 35.6. The number of carbonyl (C=O) groups excluding carboxylic acids is 1. The molecule has 0 saturated carbocycles. The number of pyridine rings is 2. The summed E-state index contributed by atoms with van der Waals surface area (Å²) < 4.78 is 9.88. The summed E-state index contributed by atoms with van der Waals surface area (Å²) >= 11 is -2.19. The van der Waals surface area contributed by atoms with Crippen LogP contribution < -0.4 is 4.40 Å². The van der Waals surface area contributed by atoms with Crippen molar-refractivity contribution < 1.29 is 44.6 Å². The summed E-state index contributed by atoms with van der Waals surface area (Å²) in [5, 5.41) is 21.1. The van der Waals surface area contributed by atoms with Crippen LogP contribution >= 0.6 is 0 Å². The zero-order valence-corrected chi connectivity index (χ0v) is 40.1. The number of hydrogen-bond donors (Lipinski definition) is 2. The maximum atomic E-state index is 11.3. The molecule has 0 saturated heterocycles. The summed E-state index contributed by atoms with van der Waals surface area (Å²) in [6.45, 7) is 14.6. The van der Waals surface area contributed by atoms with Crippen LogP contribution in [-0.4, -0.2) is 49.1 Å². The Kier molecular flexibility index (Phi) is 13.0. The Balaban J connectivity index is 0.000000213. The molecule has 1 radical (unpaired) electrons. The fourth-order valence-corrected chi connectivity index (χ4v) is 11.1. The molecule has 0 atom stereocenters. The molecule has 8 rings (SSSR count). The number of benzene rings is 4. The van der Waals surface area contributed by atoms with Crippen LogP contribution in [0, 0.1) is 19.1 Å². The average molecular weight is 1040 g/mol. The van der Waals surface area contributed by atoms with Crippen molar-refractivity contribution in [3.8, 4) is 28.3 Å². The second-order valence-electron chi connectivity index (χ2n) is 17.1. The van der Waals surface area contributed by atoms with E-state index in [2.05, 4.69) is 114 Å². The van der Waals surface area contributed by atoms with Crippen molar-refractivity contribution in [2.45, 2.75) is 83.2 Å². The van der Waals surface area contributed by atoms with Gasteiger partial charge < -0.3 is 8.98 Å². The van der Waals surface area contributed by atoms with Crippen LogP contribution in [0.3, 0.4) is 0 Å². The summed E-state index contributed by atoms with van der Waals surface area (Å²) in [5.41, 5.74) is 10.7. The van der Waals surface area contributed by atoms with E-state index in [1.807, 2.05) is 48.8 Å². The molecule has 0 bridgehead atoms. The molecule has 0 unspecified atom stereocenters. The van der Waals surface area contributed by atoms with Gasteiger partial charge in [0.05, 0.1) is 28.1 Å². The summed E-state index contributed by atoms with van der Waals surface area (Å²) in [7, 11) is 0. The first-order chi connectivity index (χ1) is 28.0. The van der Waals surface area contributed by atoms with Crippen molar-refractivity contribution in [2.75, 3.05) is 0 Å². The minimum atomic E-state index is -2.19. The predicted molar refractivity (Wildman–Crippen MR) is 238 cm³/mol. The predicted octanol–water partition coefficient (Wildman–Crippen LogP) is 11.3. The van der Waals surface area contributed by atoms with Gasteiger partial charge in [-0.15, -0.1) is 18.2 Å². The molecule has 311 valence electrons. The van der Waals surface area contributed by atoms with Crippen molar-refractivity contribution in [1.82, 2.24) is 19.5 Å². The van der Waals surface area contributed by atoms with E-state index in [0.717, 1.165) is 60.0 Å². The van der Waals surface area contributed by atoms with Crippen molar-refractivity contribution in [2.24, 2.45) is 0 Å². The molecule has 4 heterocycles. The van der Waals surface area contributed by atoms with E-state index in [4.69, 9.17) is 14.7 Å². The van der Waals surface area contributed by atoms with Crippen LogP contribution in [0.15, 0.2) is 102 Å². The molecule has 0 aliphatic heterocycles. The Morgan fingerprint density at radius 2 is 1.60 bits per heavy atom. The Bertz CT molecular complexity index is 2810. The molecular weight excluding hydrogens is 989 g/mol. The maximum Gasteiger partial charge on any atom is 0.120 e. The second-order valence-corrected chi connectivity index (χ2v) is 27.7. The van der Waals surface area contributed by atoms with E-state index in [-0.39, 0.29) is 25.7 Å². The van der Waals surface area contributed by atoms with E-state index >= 15 is 0 Å². The Hall–Kier alpha value is -4.97. The normalized spacial score (nSPS) is 11.9. The van der Waals surface area contributed by atoms with Gasteiger partial charge in [0.15, 0.2) is 0 Å². The Morgan fingerprint density at radius 1 is 0.900 bits per heavy atom. The van der Waals surface area contributed by atoms with Gasteiger partial charge >= 0.3 is 144 Å². The molecule has 9 nitrogen and oxygen atoms in total. The third-order valence-electron chi connectivity index (χ3n) is 10.7. The van der Waals surface area contributed by atoms with Crippen LogP contribution in [0.1, 0.15) is 86.1 Å². The molecule has 0 amide bonds. The van der Waals surface area contributed by atoms with E-state index in [0.29, 0.717) is 23.1 Å². The van der Waals surface area contributed by atoms with Gasteiger partial charge in [-0.05, 0) is 42.0 Å². The monoisotopic (exact) mass is 1040 g/mol. The molecular formula is C49H50GeIrN4O5-2. The topological polar surface area (TPSA) is 124 Å². The molecule has 11 heteroatoms. The number of furan rings is 1. The number of aromatic nitrogens is 4. The van der Waals surface area contributed by atoms with Crippen LogP contribution in [0.5, 0.6) is 0 Å². The van der Waals surface area contributed by atoms with E-state index < -0.39 is 24.8 Å². The van der Waals surface area contributed by atoms with Crippen molar-refractivity contribution in [3.63, 3.8) is 0 Å². The maximum absolute atomic E-state index is 11.3. The number of para-hydroxylation sites is 2. The molecule has 0 aliphatic carbocycles. The minimum Gasteiger partial charge on any atom is -0.501 e. The molecule has 60 heavy (non-hydrogen) atoms. The molecule has 4 aromatic carbocycles. The van der Waals surface area contributed by atoms with Crippen LogP contribution in [0.2, 0.25) is 17.3 Å². The molecule has 2 N–H and O–H groups in total. The number of rotatable bonds is 8. The molecule has 8 aromatic rings. The first-order valence-corrected chi connectivity index (χ1v) is 27.2. The quantitative estimate of drug-likeness (QED) is 0.0668. The summed E-state index contributed by atoms with van der Waals surface area (Å²) in [4.78, 5) is 29.3. The zero-order chi connectivity index (χ0) is 42.4. The van der Waals surface area contributed by atoms with E-state index in [1.54, 1.807) is 19.9 Å². The van der Waals surface area contributed by atoms with Crippen molar-refractivity contribution in [1.29, 1.82) is 0 Å². The van der Waals surface area contributed by atoms with Crippen molar-refractivity contribution >= 4 is 56.6 Å². The number of imidazole rings is 1. The molecule has 4 aromatic heterocycles. The average Bonchev–Trinajstić information content (AvgIpc) is 3.79. The summed E-state index contributed by atoms with van der Waals surface area (Å²) in [6.07, 6.45) is 3.69. The van der Waals surface area contributed by atoms with Gasteiger partial charge in [-0.2, -0.15) is 0 Å². The van der Waals surface area contributed by atoms with Gasteiger partial charge in [-0.25, -0.2) is 0 Å². The van der Waals surface area contributed by atoms with Gasteiger partial charge in [0.1, 0.15) is 5.58 Å². The van der Waals surface area contributed by atoms with Crippen molar-refractivity contribution in [3.05, 3.63) is 137 Å². The van der Waals surface area contributed by atoms with E-state index in [9.17, 15) is 9.90 Å². The number of nitrogens with zero attached hydrogens (tertiary/aromatic N) is 4. The first-order valence-electron chi connectivity index (χ1n) is 19.9. The van der Waals surface area contributed by atoms with Gasteiger partial charge in [-0.1, -0.05) is 75.0 Å². The number of carbonyl (C=O) groups is 1. The standard InChI is InChI=1S/C31H28N3O.C18H22GeNO4.Ir/c1-18(2)21-11-8-12-22(19(3)4)29(21)34-28-20(5)32-17-16-26(28)33-31(34)25-14-9-13-24-23-10-6-7-15-27(23)35-30(24)25;1-18(2,22)14-10-16(20-11-15(14)19(3,4)5)12-6-8-13(9-7-12)17(21)24-23;/h6-13,15-19H,1-5H3;6,8-11,22-23H,1-5H3;/q2*-1;. The van der Waals surface area contributed by atoms with Crippen LogP contribution in [0.4, 0.5) is 0 Å². The SMILES string of the molecule is CC(C)(O)c1cc(-c2[c-]cc(C(=O)OO)cc2)nc[c]1[Ge]([CH3])([CH3])[CH3].Cc1nccc2nc(-c3[c-]ccc4c3oc3ccccc34)n(-c3c(C(C)C)cccc3C(C)C)c12.[Ir]. The Labute approximate surface area is 367 Å². The first kappa shape index (κ1) is 44.6. The number of aryl methyl sites for hydroxylation is 1. The van der Waals surface area contributed by atoms with Gasteiger partial charge in [0, 0.05) is 37.4 Å².